The molecule has 0 fully saturated rings. The minimum Gasteiger partial charge on any atom is -0.502 e. The van der Waals surface area contributed by atoms with Gasteiger partial charge < -0.3 is 9.84 Å². The molecule has 0 spiro atoms. The molecule has 6 heteroatoms. The molecule has 0 amide bonds. The van der Waals surface area contributed by atoms with Crippen LogP contribution < -0.4 is 0 Å². The summed E-state index contributed by atoms with van der Waals surface area (Å²) in [5, 5.41) is 9.14. The van der Waals surface area contributed by atoms with Crippen molar-refractivity contribution >= 4 is 23.4 Å². The summed E-state index contributed by atoms with van der Waals surface area (Å²) in [5.74, 6) is -3.75. The van der Waals surface area contributed by atoms with Gasteiger partial charge in [-0.2, -0.15) is 0 Å². The van der Waals surface area contributed by atoms with E-state index < -0.39 is 28.9 Å². The Morgan fingerprint density at radius 3 is 2.61 bits per heavy atom. The van der Waals surface area contributed by atoms with Crippen LogP contribution in [0.4, 0.5) is 4.39 Å². The first-order valence-electron chi connectivity index (χ1n) is 4.86. The van der Waals surface area contributed by atoms with Crippen LogP contribution in [0.2, 0.25) is 5.02 Å². The molecule has 0 aliphatic rings. The Hall–Kier alpha value is -1.88. The number of aryl methyl sites for hydroxylation is 1. The summed E-state index contributed by atoms with van der Waals surface area (Å²) in [6.45, 7) is 1.60. The number of ether oxygens (including phenoxy) is 1. The molecule has 0 unspecified atom stereocenters. The lowest BCUT2D eigenvalue weighted by Crippen LogP contribution is -2.08. The van der Waals surface area contributed by atoms with Gasteiger partial charge in [-0.1, -0.05) is 17.7 Å². The second-order valence-electron chi connectivity index (χ2n) is 3.44. The van der Waals surface area contributed by atoms with E-state index in [1.807, 2.05) is 0 Å². The molecule has 0 saturated carbocycles. The van der Waals surface area contributed by atoms with Crippen LogP contribution in [0.1, 0.15) is 15.9 Å². The molecule has 0 bridgehead atoms. The Morgan fingerprint density at radius 2 is 2.06 bits per heavy atom. The number of carbonyl (C=O) groups is 2. The Kier molecular flexibility index (Phi) is 4.44. The van der Waals surface area contributed by atoms with E-state index in [1.54, 1.807) is 6.92 Å². The van der Waals surface area contributed by atoms with Crippen molar-refractivity contribution in [2.75, 3.05) is 7.11 Å². The average Bonchev–Trinajstić information content (AvgIpc) is 2.33. The van der Waals surface area contributed by atoms with Gasteiger partial charge in [-0.15, -0.1) is 0 Å². The molecule has 1 N–H and O–H groups in total. The predicted molar refractivity (Wildman–Crippen MR) is 63.2 cm³/mol. The number of esters is 1. The lowest BCUT2D eigenvalue weighted by Gasteiger charge is -2.05. The molecule has 1 aromatic carbocycles. The number of carbonyl (C=O) groups excluding carboxylic acids is 2. The summed E-state index contributed by atoms with van der Waals surface area (Å²) in [7, 11) is 1.04. The van der Waals surface area contributed by atoms with Gasteiger partial charge in [0.15, 0.2) is 5.78 Å². The van der Waals surface area contributed by atoms with Crippen molar-refractivity contribution in [3.63, 3.8) is 0 Å². The molecule has 0 aliphatic heterocycles. The number of aliphatic hydroxyl groups excluding tert-OH is 1. The van der Waals surface area contributed by atoms with Crippen molar-refractivity contribution in [3.05, 3.63) is 45.9 Å². The fraction of sp³-hybridized carbons (Fsp3) is 0.167. The van der Waals surface area contributed by atoms with Gasteiger partial charge in [-0.25, -0.2) is 9.18 Å². The lowest BCUT2D eigenvalue weighted by atomic mass is 10.1. The number of allylic oxidation sites excluding steroid dienone is 1. The summed E-state index contributed by atoms with van der Waals surface area (Å²) in [6, 6.07) is 2.50. The number of hydrogen-bond acceptors (Lipinski definition) is 4. The number of rotatable bonds is 3. The third-order valence-electron chi connectivity index (χ3n) is 2.19. The standard InChI is InChI=1S/C12H10ClFO4/c1-6-3-4-7(14)10(11(6)13)8(15)5-9(16)12(17)18-2/h3-5,16H,1-2H3/b9-5-. The molecule has 1 aromatic rings. The van der Waals surface area contributed by atoms with Gasteiger partial charge in [0.2, 0.25) is 5.76 Å². The summed E-state index contributed by atoms with van der Waals surface area (Å²) < 4.78 is 17.7. The van der Waals surface area contributed by atoms with Crippen LogP contribution in [0.15, 0.2) is 24.0 Å². The molecule has 4 nitrogen and oxygen atoms in total. The van der Waals surface area contributed by atoms with Gasteiger partial charge in [0, 0.05) is 6.08 Å². The smallest absolute Gasteiger partial charge is 0.373 e. The van der Waals surface area contributed by atoms with Gasteiger partial charge in [-0.3, -0.25) is 4.79 Å². The van der Waals surface area contributed by atoms with Crippen LogP contribution in [0.25, 0.3) is 0 Å². The van der Waals surface area contributed by atoms with E-state index in [0.717, 1.165) is 13.2 Å². The van der Waals surface area contributed by atoms with E-state index in [-0.39, 0.29) is 5.02 Å². The fourth-order valence-corrected chi connectivity index (χ4v) is 1.49. The molecule has 1 rings (SSSR count). The Labute approximate surface area is 108 Å². The minimum absolute atomic E-state index is 0.0612. The van der Waals surface area contributed by atoms with E-state index in [9.17, 15) is 19.1 Å². The highest BCUT2D eigenvalue weighted by atomic mass is 35.5. The van der Waals surface area contributed by atoms with Crippen LogP contribution in [0.3, 0.4) is 0 Å². The van der Waals surface area contributed by atoms with Gasteiger partial charge >= 0.3 is 5.97 Å². The molecule has 0 atom stereocenters. The zero-order valence-corrected chi connectivity index (χ0v) is 10.4. The zero-order valence-electron chi connectivity index (χ0n) is 9.66. The monoisotopic (exact) mass is 272 g/mol. The Bertz CT molecular complexity index is 537. The Balaban J connectivity index is 3.21. The van der Waals surface area contributed by atoms with Crippen molar-refractivity contribution in [2.45, 2.75) is 6.92 Å². The molecule has 18 heavy (non-hydrogen) atoms. The maximum atomic E-state index is 13.5. The number of aliphatic hydroxyl groups is 1. The largest absolute Gasteiger partial charge is 0.502 e. The number of methoxy groups -OCH3 is 1. The van der Waals surface area contributed by atoms with Gasteiger partial charge in [-0.05, 0) is 18.6 Å². The number of benzene rings is 1. The highest BCUT2D eigenvalue weighted by Crippen LogP contribution is 2.24. The molecule has 0 aliphatic carbocycles. The SMILES string of the molecule is COC(=O)/C(O)=C/C(=O)c1c(F)ccc(C)c1Cl. The summed E-state index contributed by atoms with van der Waals surface area (Å²) in [5.41, 5.74) is 0.111. The van der Waals surface area contributed by atoms with Gasteiger partial charge in [0.05, 0.1) is 17.7 Å². The first kappa shape index (κ1) is 14.2. The van der Waals surface area contributed by atoms with E-state index >= 15 is 0 Å². The topological polar surface area (TPSA) is 63.6 Å². The molecular formula is C12H10ClFO4. The third-order valence-corrected chi connectivity index (χ3v) is 2.68. The number of ketones is 1. The predicted octanol–water partition coefficient (Wildman–Crippen LogP) is 2.59. The van der Waals surface area contributed by atoms with Crippen LogP contribution in [0.5, 0.6) is 0 Å². The summed E-state index contributed by atoms with van der Waals surface area (Å²) in [6.07, 6.45) is 0.565. The van der Waals surface area contributed by atoms with E-state index in [2.05, 4.69) is 4.74 Å². The first-order chi connectivity index (χ1) is 8.38. The van der Waals surface area contributed by atoms with Crippen LogP contribution in [-0.2, 0) is 9.53 Å². The average molecular weight is 273 g/mol. The highest BCUT2D eigenvalue weighted by molar-refractivity contribution is 6.35. The quantitative estimate of drug-likeness (QED) is 0.398. The maximum absolute atomic E-state index is 13.5. The second kappa shape index (κ2) is 5.64. The number of hydrogen-bond donors (Lipinski definition) is 1. The fourth-order valence-electron chi connectivity index (χ4n) is 1.24. The van der Waals surface area contributed by atoms with Crippen molar-refractivity contribution in [2.24, 2.45) is 0 Å². The first-order valence-corrected chi connectivity index (χ1v) is 5.24. The minimum atomic E-state index is -1.09. The van der Waals surface area contributed by atoms with E-state index in [0.29, 0.717) is 11.6 Å². The normalized spacial score (nSPS) is 11.2. The van der Waals surface area contributed by atoms with Gasteiger partial charge in [0.1, 0.15) is 5.82 Å². The maximum Gasteiger partial charge on any atom is 0.373 e. The summed E-state index contributed by atoms with van der Waals surface area (Å²) in [4.78, 5) is 22.6. The summed E-state index contributed by atoms with van der Waals surface area (Å²) >= 11 is 5.80. The van der Waals surface area contributed by atoms with Crippen LogP contribution in [-0.4, -0.2) is 24.0 Å². The molecule has 0 aromatic heterocycles. The second-order valence-corrected chi connectivity index (χ2v) is 3.82. The molecule has 0 radical (unpaired) electrons. The number of halogens is 2. The molecule has 0 heterocycles. The van der Waals surface area contributed by atoms with Crippen LogP contribution >= 0.6 is 11.6 Å². The molecule has 0 saturated heterocycles. The Morgan fingerprint density at radius 1 is 1.44 bits per heavy atom. The zero-order chi connectivity index (χ0) is 13.9. The van der Waals surface area contributed by atoms with Crippen molar-refractivity contribution < 1.29 is 23.8 Å². The van der Waals surface area contributed by atoms with E-state index in [1.165, 1.54) is 6.07 Å². The van der Waals surface area contributed by atoms with Crippen molar-refractivity contribution in [1.82, 2.24) is 0 Å². The molecular weight excluding hydrogens is 263 g/mol. The lowest BCUT2D eigenvalue weighted by molar-refractivity contribution is -0.139. The highest BCUT2D eigenvalue weighted by Gasteiger charge is 2.18. The molecule has 96 valence electrons. The van der Waals surface area contributed by atoms with Gasteiger partial charge in [0.25, 0.3) is 0 Å². The van der Waals surface area contributed by atoms with E-state index in [4.69, 9.17) is 11.6 Å². The van der Waals surface area contributed by atoms with Crippen LogP contribution in [0, 0.1) is 12.7 Å². The van der Waals surface area contributed by atoms with Crippen molar-refractivity contribution in [1.29, 1.82) is 0 Å². The third kappa shape index (κ3) is 2.87. The van der Waals surface area contributed by atoms with Crippen molar-refractivity contribution in [3.8, 4) is 0 Å².